The number of benzene rings is 2. The number of anilines is 2. The van der Waals surface area contributed by atoms with Gasteiger partial charge in [0.2, 0.25) is 11.9 Å². The molecule has 0 aliphatic heterocycles. The lowest BCUT2D eigenvalue weighted by molar-refractivity contribution is -0.118. The highest BCUT2D eigenvalue weighted by atomic mass is 32.2. The summed E-state index contributed by atoms with van der Waals surface area (Å²) in [6.07, 6.45) is 1.51. The van der Waals surface area contributed by atoms with Gasteiger partial charge in [0.1, 0.15) is 5.52 Å². The number of aromatic nitrogens is 3. The van der Waals surface area contributed by atoms with Crippen molar-refractivity contribution in [1.29, 1.82) is 0 Å². The van der Waals surface area contributed by atoms with Gasteiger partial charge < -0.3 is 15.6 Å². The molecule has 0 saturated carbocycles. The summed E-state index contributed by atoms with van der Waals surface area (Å²) in [6.45, 7) is 3.45. The highest BCUT2D eigenvalue weighted by Gasteiger charge is 2.21. The first kappa shape index (κ1) is 25.9. The zero-order valence-electron chi connectivity index (χ0n) is 20.2. The Balaban J connectivity index is 1.73. The second-order valence-electron chi connectivity index (χ2n) is 8.31. The second-order valence-corrected chi connectivity index (χ2v) is 10.2. The molecule has 37 heavy (non-hydrogen) atoms. The van der Waals surface area contributed by atoms with Crippen molar-refractivity contribution in [3.05, 3.63) is 76.7 Å². The SMILES string of the molecule is CCN(O)S(=O)(=O)c1ccc(Nc2ncc3cc(-c4ccccc4C)n(CCC(N)=O)c(=O)c3n2)cc1. The Bertz CT molecular complexity index is 1630. The average molecular weight is 523 g/mol. The van der Waals surface area contributed by atoms with Crippen LogP contribution in [0.25, 0.3) is 22.2 Å². The smallest absolute Gasteiger partial charge is 0.277 e. The summed E-state index contributed by atoms with van der Waals surface area (Å²) in [6, 6.07) is 15.1. The van der Waals surface area contributed by atoms with Gasteiger partial charge in [-0.25, -0.2) is 18.4 Å². The number of carbonyl (C=O) groups is 1. The van der Waals surface area contributed by atoms with E-state index in [9.17, 15) is 23.2 Å². The fraction of sp³-hybridized carbons (Fsp3) is 0.200. The van der Waals surface area contributed by atoms with Crippen LogP contribution in [0.2, 0.25) is 0 Å². The van der Waals surface area contributed by atoms with E-state index >= 15 is 0 Å². The van der Waals surface area contributed by atoms with Gasteiger partial charge in [0.05, 0.1) is 10.6 Å². The van der Waals surface area contributed by atoms with Crippen LogP contribution in [0.15, 0.2) is 70.5 Å². The number of aryl methyl sites for hydroxylation is 1. The normalized spacial score (nSPS) is 11.7. The third kappa shape index (κ3) is 5.35. The Morgan fingerprint density at radius 2 is 1.86 bits per heavy atom. The molecule has 0 radical (unpaired) electrons. The van der Waals surface area contributed by atoms with Crippen molar-refractivity contribution in [2.24, 2.45) is 5.73 Å². The first-order chi connectivity index (χ1) is 17.6. The van der Waals surface area contributed by atoms with Gasteiger partial charge in [-0.2, -0.15) is 0 Å². The Hall–Kier alpha value is -4.13. The fourth-order valence-corrected chi connectivity index (χ4v) is 4.91. The number of amides is 1. The average Bonchev–Trinajstić information content (AvgIpc) is 2.88. The predicted octanol–water partition coefficient (Wildman–Crippen LogP) is 2.79. The van der Waals surface area contributed by atoms with E-state index in [1.54, 1.807) is 6.07 Å². The molecule has 4 aromatic rings. The Morgan fingerprint density at radius 3 is 2.51 bits per heavy atom. The van der Waals surface area contributed by atoms with E-state index in [-0.39, 0.29) is 40.3 Å². The summed E-state index contributed by atoms with van der Waals surface area (Å²) in [4.78, 5) is 33.6. The van der Waals surface area contributed by atoms with Gasteiger partial charge in [-0.1, -0.05) is 28.7 Å². The molecule has 2 heterocycles. The van der Waals surface area contributed by atoms with Crippen LogP contribution >= 0.6 is 0 Å². The van der Waals surface area contributed by atoms with Crippen LogP contribution in [-0.4, -0.2) is 45.1 Å². The maximum Gasteiger partial charge on any atom is 0.277 e. The number of hydrogen-bond donors (Lipinski definition) is 3. The third-order valence-electron chi connectivity index (χ3n) is 5.81. The standard InChI is InChI=1S/C25H26N6O5S/c1-3-31(34)37(35,36)19-10-8-18(9-11-19)28-25-27-15-17-14-21(20-7-5-4-6-16(20)2)30(13-12-22(26)32)24(33)23(17)29-25/h4-11,14-15,34H,3,12-13H2,1-2H3,(H2,26,32)(H,27,28,29). The molecule has 0 spiro atoms. The lowest BCUT2D eigenvalue weighted by atomic mass is 10.0. The molecule has 0 atom stereocenters. The molecule has 0 aliphatic carbocycles. The molecule has 0 aliphatic rings. The summed E-state index contributed by atoms with van der Waals surface area (Å²) in [5.41, 5.74) is 8.01. The van der Waals surface area contributed by atoms with Crippen molar-refractivity contribution in [2.75, 3.05) is 11.9 Å². The first-order valence-corrected chi connectivity index (χ1v) is 12.9. The number of pyridine rings is 1. The number of nitrogens with zero attached hydrogens (tertiary/aromatic N) is 4. The minimum Gasteiger partial charge on any atom is -0.370 e. The lowest BCUT2D eigenvalue weighted by Crippen LogP contribution is -2.27. The molecule has 0 bridgehead atoms. The zero-order valence-corrected chi connectivity index (χ0v) is 21.1. The number of fused-ring (bicyclic) bond motifs is 1. The Morgan fingerprint density at radius 1 is 1.16 bits per heavy atom. The molecule has 1 amide bonds. The van der Waals surface area contributed by atoms with Gasteiger partial charge in [0, 0.05) is 42.3 Å². The third-order valence-corrected chi connectivity index (χ3v) is 7.49. The van der Waals surface area contributed by atoms with Crippen LogP contribution < -0.4 is 16.6 Å². The van der Waals surface area contributed by atoms with Crippen molar-refractivity contribution in [1.82, 2.24) is 19.0 Å². The van der Waals surface area contributed by atoms with Crippen LogP contribution in [0.4, 0.5) is 11.6 Å². The highest BCUT2D eigenvalue weighted by Crippen LogP contribution is 2.26. The molecule has 4 rings (SSSR count). The quantitative estimate of drug-likeness (QED) is 0.283. The molecule has 2 aromatic carbocycles. The maximum atomic E-state index is 13.5. The number of primary amides is 1. The number of hydrogen-bond acceptors (Lipinski definition) is 8. The van der Waals surface area contributed by atoms with Crippen molar-refractivity contribution < 1.29 is 18.4 Å². The summed E-state index contributed by atoms with van der Waals surface area (Å²) < 4.78 is 26.3. The predicted molar refractivity (Wildman–Crippen MR) is 139 cm³/mol. The zero-order chi connectivity index (χ0) is 26.7. The second kappa shape index (κ2) is 10.5. The van der Waals surface area contributed by atoms with Crippen molar-refractivity contribution in [3.8, 4) is 11.3 Å². The monoisotopic (exact) mass is 522 g/mol. The molecular formula is C25H26N6O5S. The Labute approximate surface area is 213 Å². The summed E-state index contributed by atoms with van der Waals surface area (Å²) >= 11 is 0. The number of nitrogens with one attached hydrogen (secondary N) is 1. The molecule has 192 valence electrons. The number of carbonyl (C=O) groups excluding carboxylic acids is 1. The van der Waals surface area contributed by atoms with E-state index in [2.05, 4.69) is 15.3 Å². The van der Waals surface area contributed by atoms with Crippen LogP contribution in [0.5, 0.6) is 0 Å². The van der Waals surface area contributed by atoms with Gasteiger partial charge in [-0.3, -0.25) is 14.8 Å². The molecule has 0 saturated heterocycles. The van der Waals surface area contributed by atoms with Gasteiger partial charge in [0.15, 0.2) is 0 Å². The molecule has 0 fully saturated rings. The topological polar surface area (TPSA) is 161 Å². The van der Waals surface area contributed by atoms with E-state index in [1.807, 2.05) is 31.2 Å². The number of nitrogens with two attached hydrogens (primary N) is 1. The van der Waals surface area contributed by atoms with Gasteiger partial charge in [0.25, 0.3) is 15.6 Å². The van der Waals surface area contributed by atoms with Crippen LogP contribution in [0.1, 0.15) is 18.9 Å². The lowest BCUT2D eigenvalue weighted by Gasteiger charge is -2.16. The van der Waals surface area contributed by atoms with E-state index in [1.165, 1.54) is 42.0 Å². The maximum absolute atomic E-state index is 13.5. The van der Waals surface area contributed by atoms with Crippen molar-refractivity contribution in [3.63, 3.8) is 0 Å². The molecule has 4 N–H and O–H groups in total. The van der Waals surface area contributed by atoms with Crippen molar-refractivity contribution in [2.45, 2.75) is 31.7 Å². The molecule has 2 aromatic heterocycles. The van der Waals surface area contributed by atoms with E-state index in [0.717, 1.165) is 11.1 Å². The number of sulfonamides is 1. The van der Waals surface area contributed by atoms with Crippen molar-refractivity contribution >= 4 is 38.5 Å². The van der Waals surface area contributed by atoms with E-state index in [0.29, 0.717) is 16.8 Å². The number of hydroxylamine groups is 1. The highest BCUT2D eigenvalue weighted by molar-refractivity contribution is 7.89. The minimum atomic E-state index is -4.01. The number of rotatable bonds is 9. The van der Waals surface area contributed by atoms with Gasteiger partial charge in [-0.15, -0.1) is 0 Å². The molecular weight excluding hydrogens is 496 g/mol. The van der Waals surface area contributed by atoms with E-state index in [4.69, 9.17) is 5.73 Å². The van der Waals surface area contributed by atoms with Crippen LogP contribution in [-0.2, 0) is 21.4 Å². The van der Waals surface area contributed by atoms with E-state index < -0.39 is 21.5 Å². The summed E-state index contributed by atoms with van der Waals surface area (Å²) in [7, 11) is -4.01. The van der Waals surface area contributed by atoms with Crippen LogP contribution in [0.3, 0.4) is 0 Å². The minimum absolute atomic E-state index is 0.0148. The van der Waals surface area contributed by atoms with Crippen LogP contribution in [0, 0.1) is 6.92 Å². The summed E-state index contributed by atoms with van der Waals surface area (Å²) in [5, 5.41) is 13.1. The molecule has 11 nitrogen and oxygen atoms in total. The first-order valence-electron chi connectivity index (χ1n) is 11.5. The molecule has 12 heteroatoms. The van der Waals surface area contributed by atoms with Gasteiger partial charge in [-0.05, 0) is 49.7 Å². The summed E-state index contributed by atoms with van der Waals surface area (Å²) in [5.74, 6) is -0.399. The Kier molecular flexibility index (Phi) is 7.34. The van der Waals surface area contributed by atoms with Gasteiger partial charge >= 0.3 is 0 Å². The fourth-order valence-electron chi connectivity index (χ4n) is 3.85. The largest absolute Gasteiger partial charge is 0.370 e. The molecule has 0 unspecified atom stereocenters.